The summed E-state index contributed by atoms with van der Waals surface area (Å²) in [6.45, 7) is 7.93. The van der Waals surface area contributed by atoms with Crippen LogP contribution >= 0.6 is 0 Å². The summed E-state index contributed by atoms with van der Waals surface area (Å²) in [7, 11) is 0. The van der Waals surface area contributed by atoms with Gasteiger partial charge < -0.3 is 20.3 Å². The summed E-state index contributed by atoms with van der Waals surface area (Å²) >= 11 is 0. The molecule has 0 bridgehead atoms. The maximum Gasteiger partial charge on any atom is 0.251 e. The lowest BCUT2D eigenvalue weighted by Gasteiger charge is -2.25. The minimum absolute atomic E-state index is 0.0700. The van der Waals surface area contributed by atoms with Crippen LogP contribution in [-0.4, -0.2) is 34.3 Å². The second-order valence-electron chi connectivity index (χ2n) is 10.6. The molecule has 0 radical (unpaired) electrons. The van der Waals surface area contributed by atoms with Crippen molar-refractivity contribution in [1.82, 2.24) is 15.2 Å². The Morgan fingerprint density at radius 2 is 1.69 bits per heavy atom. The summed E-state index contributed by atoms with van der Waals surface area (Å²) in [6, 6.07) is 18.2. The molecule has 206 valence electrons. The monoisotopic (exact) mass is 533 g/mol. The fourth-order valence-corrected chi connectivity index (χ4v) is 4.86. The number of carbonyl (C=O) groups excluding carboxylic acids is 1. The third-order valence-electron chi connectivity index (χ3n) is 6.84. The van der Waals surface area contributed by atoms with Gasteiger partial charge in [0.25, 0.3) is 5.91 Å². The molecule has 0 aliphatic carbocycles. The van der Waals surface area contributed by atoms with Crippen molar-refractivity contribution < 1.29 is 18.7 Å². The molecule has 39 heavy (non-hydrogen) atoms. The molecule has 4 rings (SSSR count). The number of fused-ring (bicyclic) bond motifs is 1. The number of benzene rings is 3. The lowest BCUT2D eigenvalue weighted by Crippen LogP contribution is -2.48. The Labute approximate surface area is 228 Å². The maximum atomic E-state index is 13.9. The Bertz CT molecular complexity index is 1400. The second kappa shape index (κ2) is 13.0. The number of nitrogens with one attached hydrogen (secondary N) is 2. The zero-order valence-corrected chi connectivity index (χ0v) is 22.8. The minimum Gasteiger partial charge on any atom is -0.390 e. The van der Waals surface area contributed by atoms with Crippen LogP contribution in [0.2, 0.25) is 0 Å². The number of aryl methyl sites for hydroxylation is 1. The van der Waals surface area contributed by atoms with Crippen molar-refractivity contribution in [2.24, 2.45) is 5.92 Å². The summed E-state index contributed by atoms with van der Waals surface area (Å²) in [5, 5.41) is 18.3. The number of aliphatic hydroxyl groups excluding tert-OH is 1. The van der Waals surface area contributed by atoms with Crippen LogP contribution in [0.1, 0.15) is 47.8 Å². The number of rotatable bonds is 12. The Balaban J connectivity index is 1.51. The van der Waals surface area contributed by atoms with Crippen molar-refractivity contribution in [2.75, 3.05) is 6.54 Å². The van der Waals surface area contributed by atoms with Crippen molar-refractivity contribution in [3.05, 3.63) is 107 Å². The Hall–Kier alpha value is -3.55. The highest BCUT2D eigenvalue weighted by Crippen LogP contribution is 2.20. The second-order valence-corrected chi connectivity index (χ2v) is 10.6. The van der Waals surface area contributed by atoms with Crippen molar-refractivity contribution >= 4 is 16.8 Å². The molecule has 0 fully saturated rings. The van der Waals surface area contributed by atoms with Crippen LogP contribution in [-0.2, 0) is 25.9 Å². The molecule has 0 unspecified atom stereocenters. The molecule has 1 aromatic heterocycles. The Morgan fingerprint density at radius 3 is 2.41 bits per heavy atom. The molecule has 1 heterocycles. The molecule has 5 nitrogen and oxygen atoms in total. The smallest absolute Gasteiger partial charge is 0.251 e. The van der Waals surface area contributed by atoms with Gasteiger partial charge in [0, 0.05) is 43.0 Å². The third-order valence-corrected chi connectivity index (χ3v) is 6.84. The fraction of sp³-hybridized carbons (Fsp3) is 0.344. The standard InChI is InChI=1S/C32H37F2N3O2/c1-4-22-6-5-7-23(12-22)18-35-19-31(38)29(15-24-13-27(33)17-28(34)14-24)36-32(39)26-9-8-25-10-11-37(20-21(2)3)30(25)16-26/h5-14,16-17,21,29,31,35,38H,4,15,18-20H2,1-3H3,(H,36,39)/t29-,31+/m0/s1. The zero-order valence-electron chi connectivity index (χ0n) is 22.8. The van der Waals surface area contributed by atoms with Gasteiger partial charge in [0.1, 0.15) is 11.6 Å². The quantitative estimate of drug-likeness (QED) is 0.221. The Kier molecular flexibility index (Phi) is 9.49. The average molecular weight is 534 g/mol. The number of aromatic nitrogens is 1. The predicted molar refractivity (Wildman–Crippen MR) is 152 cm³/mol. The van der Waals surface area contributed by atoms with Crippen LogP contribution in [0.3, 0.4) is 0 Å². The van der Waals surface area contributed by atoms with E-state index in [1.54, 1.807) is 6.07 Å². The molecular formula is C32H37F2N3O2. The van der Waals surface area contributed by atoms with Crippen LogP contribution < -0.4 is 10.6 Å². The highest BCUT2D eigenvalue weighted by atomic mass is 19.1. The summed E-state index contributed by atoms with van der Waals surface area (Å²) in [6.07, 6.45) is 2.02. The lowest BCUT2D eigenvalue weighted by molar-refractivity contribution is 0.0830. The van der Waals surface area contributed by atoms with Crippen LogP contribution in [0.25, 0.3) is 10.9 Å². The van der Waals surface area contributed by atoms with Gasteiger partial charge in [0.15, 0.2) is 0 Å². The summed E-state index contributed by atoms with van der Waals surface area (Å²) in [5.41, 5.74) is 4.08. The van der Waals surface area contributed by atoms with Crippen molar-refractivity contribution in [3.8, 4) is 0 Å². The predicted octanol–water partition coefficient (Wildman–Crippen LogP) is 5.63. The number of aliphatic hydroxyl groups is 1. The van der Waals surface area contributed by atoms with E-state index >= 15 is 0 Å². The fourth-order valence-electron chi connectivity index (χ4n) is 4.86. The van der Waals surface area contributed by atoms with Crippen molar-refractivity contribution in [1.29, 1.82) is 0 Å². The van der Waals surface area contributed by atoms with Gasteiger partial charge in [-0.15, -0.1) is 0 Å². The van der Waals surface area contributed by atoms with E-state index in [1.807, 2.05) is 36.5 Å². The number of amides is 1. The first-order chi connectivity index (χ1) is 18.7. The Morgan fingerprint density at radius 1 is 0.949 bits per heavy atom. The van der Waals surface area contributed by atoms with Gasteiger partial charge in [0.05, 0.1) is 12.1 Å². The van der Waals surface area contributed by atoms with E-state index in [-0.39, 0.29) is 18.9 Å². The molecule has 0 saturated heterocycles. The van der Waals surface area contributed by atoms with E-state index in [0.717, 1.165) is 35.5 Å². The van der Waals surface area contributed by atoms with Gasteiger partial charge in [-0.1, -0.05) is 51.1 Å². The molecule has 0 aliphatic heterocycles. The van der Waals surface area contributed by atoms with Crippen LogP contribution in [0.5, 0.6) is 0 Å². The first-order valence-electron chi connectivity index (χ1n) is 13.5. The molecule has 2 atom stereocenters. The van der Waals surface area contributed by atoms with E-state index in [9.17, 15) is 18.7 Å². The molecule has 0 spiro atoms. The maximum absolute atomic E-state index is 13.9. The molecule has 7 heteroatoms. The lowest BCUT2D eigenvalue weighted by atomic mass is 9.99. The summed E-state index contributed by atoms with van der Waals surface area (Å²) < 4.78 is 29.9. The average Bonchev–Trinajstić information content (AvgIpc) is 3.29. The largest absolute Gasteiger partial charge is 0.390 e. The third kappa shape index (κ3) is 7.74. The van der Waals surface area contributed by atoms with Crippen LogP contribution in [0, 0.1) is 17.6 Å². The molecule has 0 aliphatic rings. The van der Waals surface area contributed by atoms with E-state index in [2.05, 4.69) is 48.1 Å². The molecule has 3 aromatic carbocycles. The number of hydrogen-bond acceptors (Lipinski definition) is 3. The van der Waals surface area contributed by atoms with Gasteiger partial charge >= 0.3 is 0 Å². The topological polar surface area (TPSA) is 66.3 Å². The molecule has 1 amide bonds. The van der Waals surface area contributed by atoms with E-state index < -0.39 is 23.8 Å². The normalized spacial score (nSPS) is 13.1. The van der Waals surface area contributed by atoms with Gasteiger partial charge in [-0.05, 0) is 71.2 Å². The SMILES string of the molecule is CCc1cccc(CNC[C@@H](O)[C@H](Cc2cc(F)cc(F)c2)NC(=O)c2ccc3ccn(CC(C)C)c3c2)c1. The number of halogens is 2. The minimum atomic E-state index is -0.997. The highest BCUT2D eigenvalue weighted by Gasteiger charge is 2.23. The molecule has 4 aromatic rings. The first kappa shape index (κ1) is 28.5. The summed E-state index contributed by atoms with van der Waals surface area (Å²) in [4.78, 5) is 13.3. The number of carbonyl (C=O) groups is 1. The number of hydrogen-bond donors (Lipinski definition) is 3. The zero-order chi connectivity index (χ0) is 27.9. The summed E-state index contributed by atoms with van der Waals surface area (Å²) in [5.74, 6) is -1.31. The van der Waals surface area contributed by atoms with Gasteiger partial charge in [0.2, 0.25) is 0 Å². The highest BCUT2D eigenvalue weighted by molar-refractivity contribution is 5.98. The van der Waals surface area contributed by atoms with Gasteiger partial charge in [-0.25, -0.2) is 8.78 Å². The van der Waals surface area contributed by atoms with E-state index in [4.69, 9.17) is 0 Å². The van der Waals surface area contributed by atoms with E-state index in [1.165, 1.54) is 17.7 Å². The first-order valence-corrected chi connectivity index (χ1v) is 13.5. The molecule has 3 N–H and O–H groups in total. The van der Waals surface area contributed by atoms with Gasteiger partial charge in [-0.3, -0.25) is 4.79 Å². The molecule has 0 saturated carbocycles. The molecular weight excluding hydrogens is 496 g/mol. The van der Waals surface area contributed by atoms with Crippen molar-refractivity contribution in [2.45, 2.75) is 58.8 Å². The van der Waals surface area contributed by atoms with Crippen molar-refractivity contribution in [3.63, 3.8) is 0 Å². The van der Waals surface area contributed by atoms with Crippen LogP contribution in [0.15, 0.2) is 72.9 Å². The van der Waals surface area contributed by atoms with Crippen LogP contribution in [0.4, 0.5) is 8.78 Å². The van der Waals surface area contributed by atoms with E-state index in [0.29, 0.717) is 23.6 Å². The number of nitrogens with zero attached hydrogens (tertiary/aromatic N) is 1. The van der Waals surface area contributed by atoms with Gasteiger partial charge in [-0.2, -0.15) is 0 Å².